The summed E-state index contributed by atoms with van der Waals surface area (Å²) >= 11 is 0. The highest BCUT2D eigenvalue weighted by Crippen LogP contribution is 2.37. The zero-order chi connectivity index (χ0) is 15.7. The number of ether oxygens (including phenoxy) is 2. The quantitative estimate of drug-likeness (QED) is 0.847. The van der Waals surface area contributed by atoms with E-state index in [2.05, 4.69) is 0 Å². The Morgan fingerprint density at radius 1 is 1.48 bits per heavy atom. The molecule has 1 spiro atoms. The van der Waals surface area contributed by atoms with Crippen molar-refractivity contribution in [1.29, 1.82) is 0 Å². The smallest absolute Gasteiger partial charge is 0.410 e. The number of carboxylic acids is 1. The lowest BCUT2D eigenvalue weighted by Crippen LogP contribution is -2.51. The van der Waals surface area contributed by atoms with E-state index >= 15 is 0 Å². The molecule has 1 amide bonds. The maximum absolute atomic E-state index is 12.2. The second-order valence-corrected chi connectivity index (χ2v) is 6.74. The van der Waals surface area contributed by atoms with E-state index in [4.69, 9.17) is 14.6 Å². The lowest BCUT2D eigenvalue weighted by molar-refractivity contribution is -0.137. The highest BCUT2D eigenvalue weighted by molar-refractivity contribution is 5.70. The number of carbonyl (C=O) groups is 2. The minimum atomic E-state index is -0.905. The molecule has 2 rings (SSSR count). The first-order chi connectivity index (χ1) is 9.69. The maximum Gasteiger partial charge on any atom is 0.410 e. The van der Waals surface area contributed by atoms with Crippen molar-refractivity contribution in [1.82, 2.24) is 4.90 Å². The Labute approximate surface area is 124 Å². The Morgan fingerprint density at radius 2 is 2.19 bits per heavy atom. The van der Waals surface area contributed by atoms with Crippen LogP contribution in [-0.2, 0) is 14.3 Å². The number of amides is 1. The van der Waals surface area contributed by atoms with Gasteiger partial charge in [0.05, 0.1) is 6.54 Å². The molecular weight excluding hydrogens is 274 g/mol. The third-order valence-corrected chi connectivity index (χ3v) is 3.57. The first-order valence-electron chi connectivity index (χ1n) is 7.27. The van der Waals surface area contributed by atoms with Crippen LogP contribution >= 0.6 is 0 Å². The van der Waals surface area contributed by atoms with Gasteiger partial charge in [-0.15, -0.1) is 0 Å². The van der Waals surface area contributed by atoms with Crippen LogP contribution in [-0.4, -0.2) is 46.4 Å². The molecule has 1 atom stereocenters. The molecule has 0 bridgehead atoms. The van der Waals surface area contributed by atoms with Crippen LogP contribution in [0.3, 0.4) is 0 Å². The third kappa shape index (κ3) is 4.12. The van der Waals surface area contributed by atoms with E-state index < -0.39 is 17.2 Å². The fourth-order valence-corrected chi connectivity index (χ4v) is 2.75. The Bertz CT molecular complexity index is 465. The molecule has 0 aromatic heterocycles. The van der Waals surface area contributed by atoms with Gasteiger partial charge in [0, 0.05) is 13.0 Å². The van der Waals surface area contributed by atoms with Crippen molar-refractivity contribution in [2.24, 2.45) is 0 Å². The molecule has 2 heterocycles. The zero-order valence-corrected chi connectivity index (χ0v) is 12.8. The van der Waals surface area contributed by atoms with Crippen LogP contribution < -0.4 is 0 Å². The van der Waals surface area contributed by atoms with Gasteiger partial charge in [0.15, 0.2) is 0 Å². The molecule has 1 N–H and O–H groups in total. The highest BCUT2D eigenvalue weighted by Gasteiger charge is 2.43. The van der Waals surface area contributed by atoms with E-state index in [1.807, 2.05) is 26.8 Å². The van der Waals surface area contributed by atoms with E-state index in [-0.39, 0.29) is 12.5 Å². The first kappa shape index (κ1) is 15.7. The highest BCUT2D eigenvalue weighted by atomic mass is 16.6. The van der Waals surface area contributed by atoms with Gasteiger partial charge in [-0.2, -0.15) is 0 Å². The standard InChI is InChI=1S/C15H23NO5/c1-14(2,3)21-13(19)16-8-4-6-15(10-16)7-5-11(20-15)9-12(17)18/h5H,4,6-10H2,1-3H3,(H,17,18). The van der Waals surface area contributed by atoms with Crippen LogP contribution in [0.25, 0.3) is 0 Å². The Hall–Kier alpha value is -1.72. The van der Waals surface area contributed by atoms with Crippen LogP contribution in [0.5, 0.6) is 0 Å². The van der Waals surface area contributed by atoms with Crippen molar-refractivity contribution in [3.8, 4) is 0 Å². The van der Waals surface area contributed by atoms with Crippen LogP contribution in [0, 0.1) is 0 Å². The summed E-state index contributed by atoms with van der Waals surface area (Å²) in [7, 11) is 0. The number of nitrogens with zero attached hydrogens (tertiary/aromatic N) is 1. The largest absolute Gasteiger partial charge is 0.489 e. The number of hydrogen-bond acceptors (Lipinski definition) is 4. The SMILES string of the molecule is CC(C)(C)OC(=O)N1CCCC2(CC=C(CC(=O)O)O2)C1. The molecular formula is C15H23NO5. The monoisotopic (exact) mass is 297 g/mol. The van der Waals surface area contributed by atoms with Crippen LogP contribution in [0.1, 0.15) is 46.5 Å². The molecule has 0 aromatic carbocycles. The molecule has 0 aromatic rings. The van der Waals surface area contributed by atoms with Crippen molar-refractivity contribution in [2.75, 3.05) is 13.1 Å². The fourth-order valence-electron chi connectivity index (χ4n) is 2.75. The summed E-state index contributed by atoms with van der Waals surface area (Å²) in [5, 5.41) is 8.82. The summed E-state index contributed by atoms with van der Waals surface area (Å²) in [5.41, 5.74) is -0.995. The molecule has 118 valence electrons. The normalized spacial score (nSPS) is 25.5. The predicted octanol–water partition coefficient (Wildman–Crippen LogP) is 2.54. The third-order valence-electron chi connectivity index (χ3n) is 3.57. The van der Waals surface area contributed by atoms with E-state index in [1.54, 1.807) is 4.90 Å². The molecule has 2 aliphatic rings. The Morgan fingerprint density at radius 3 is 2.81 bits per heavy atom. The molecule has 6 heteroatoms. The molecule has 0 aliphatic carbocycles. The van der Waals surface area contributed by atoms with E-state index in [0.29, 0.717) is 25.3 Å². The van der Waals surface area contributed by atoms with Crippen molar-refractivity contribution >= 4 is 12.1 Å². The number of hydrogen-bond donors (Lipinski definition) is 1. The summed E-state index contributed by atoms with van der Waals surface area (Å²) in [4.78, 5) is 24.6. The van der Waals surface area contributed by atoms with E-state index in [1.165, 1.54) is 0 Å². The molecule has 1 saturated heterocycles. The summed E-state index contributed by atoms with van der Waals surface area (Å²) in [6.07, 6.45) is 3.69. The Kier molecular flexibility index (Phi) is 4.16. The van der Waals surface area contributed by atoms with Crippen LogP contribution in [0.15, 0.2) is 11.8 Å². The molecule has 21 heavy (non-hydrogen) atoms. The first-order valence-corrected chi connectivity index (χ1v) is 7.27. The number of likely N-dealkylation sites (tertiary alicyclic amines) is 1. The Balaban J connectivity index is 1.96. The zero-order valence-electron chi connectivity index (χ0n) is 12.8. The second kappa shape index (κ2) is 5.58. The molecule has 0 saturated carbocycles. The number of aliphatic carboxylic acids is 1. The van der Waals surface area contributed by atoms with Crippen molar-refractivity contribution in [3.63, 3.8) is 0 Å². The van der Waals surface area contributed by atoms with Gasteiger partial charge >= 0.3 is 12.1 Å². The van der Waals surface area contributed by atoms with Gasteiger partial charge in [-0.1, -0.05) is 0 Å². The summed E-state index contributed by atoms with van der Waals surface area (Å²) in [6.45, 7) is 6.60. The van der Waals surface area contributed by atoms with Gasteiger partial charge in [-0.25, -0.2) is 4.79 Å². The minimum Gasteiger partial charge on any atom is -0.489 e. The molecule has 1 unspecified atom stereocenters. The lowest BCUT2D eigenvalue weighted by atomic mass is 9.90. The second-order valence-electron chi connectivity index (χ2n) is 6.74. The lowest BCUT2D eigenvalue weighted by Gasteiger charge is -2.40. The van der Waals surface area contributed by atoms with Crippen molar-refractivity contribution in [3.05, 3.63) is 11.8 Å². The predicted molar refractivity (Wildman–Crippen MR) is 75.8 cm³/mol. The fraction of sp³-hybridized carbons (Fsp3) is 0.733. The van der Waals surface area contributed by atoms with Crippen LogP contribution in [0.2, 0.25) is 0 Å². The minimum absolute atomic E-state index is 0.103. The van der Waals surface area contributed by atoms with Gasteiger partial charge in [-0.3, -0.25) is 4.79 Å². The topological polar surface area (TPSA) is 76.1 Å². The van der Waals surface area contributed by atoms with Gasteiger partial charge < -0.3 is 19.5 Å². The van der Waals surface area contributed by atoms with Crippen LogP contribution in [0.4, 0.5) is 4.79 Å². The number of rotatable bonds is 2. The summed E-state index contributed by atoms with van der Waals surface area (Å²) in [5.74, 6) is -0.411. The number of carboxylic acid groups (broad SMARTS) is 1. The molecule has 6 nitrogen and oxygen atoms in total. The number of piperidine rings is 1. The molecule has 2 aliphatic heterocycles. The summed E-state index contributed by atoms with van der Waals surface area (Å²) in [6, 6.07) is 0. The van der Waals surface area contributed by atoms with Gasteiger partial charge in [0.25, 0.3) is 0 Å². The average Bonchev–Trinajstić information content (AvgIpc) is 2.69. The average molecular weight is 297 g/mol. The summed E-state index contributed by atoms with van der Waals surface area (Å²) < 4.78 is 11.2. The molecule has 0 radical (unpaired) electrons. The number of carbonyl (C=O) groups excluding carboxylic acids is 1. The maximum atomic E-state index is 12.2. The van der Waals surface area contributed by atoms with E-state index in [0.717, 1.165) is 12.8 Å². The van der Waals surface area contributed by atoms with Gasteiger partial charge in [-0.05, 0) is 39.7 Å². The van der Waals surface area contributed by atoms with Crippen molar-refractivity contribution in [2.45, 2.75) is 57.7 Å². The molecule has 1 fully saturated rings. The van der Waals surface area contributed by atoms with Gasteiger partial charge in [0.1, 0.15) is 23.4 Å². The van der Waals surface area contributed by atoms with Crippen molar-refractivity contribution < 1.29 is 24.2 Å². The van der Waals surface area contributed by atoms with Gasteiger partial charge in [0.2, 0.25) is 0 Å². The van der Waals surface area contributed by atoms with E-state index in [9.17, 15) is 9.59 Å².